The van der Waals surface area contributed by atoms with E-state index in [1.807, 2.05) is 6.07 Å². The van der Waals surface area contributed by atoms with Crippen LogP contribution < -0.4 is 33.0 Å². The van der Waals surface area contributed by atoms with Gasteiger partial charge >= 0.3 is 17.9 Å². The van der Waals surface area contributed by atoms with Crippen LogP contribution in [0.3, 0.4) is 0 Å². The van der Waals surface area contributed by atoms with Crippen LogP contribution in [-0.2, 0) is 31.9 Å². The molecule has 2 aromatic carbocycles. The summed E-state index contributed by atoms with van der Waals surface area (Å²) in [6.07, 6.45) is -4.55. The van der Waals surface area contributed by atoms with Gasteiger partial charge in [0.15, 0.2) is 5.96 Å². The summed E-state index contributed by atoms with van der Waals surface area (Å²) in [6.45, 7) is -0.0525. The number of nitrogens with one attached hydrogen (secondary N) is 3. The zero-order valence-corrected chi connectivity index (χ0v) is 25.5. The largest absolute Gasteiger partial charge is 0.445 e. The summed E-state index contributed by atoms with van der Waals surface area (Å²) >= 11 is 0. The summed E-state index contributed by atoms with van der Waals surface area (Å²) in [7, 11) is 0. The molecule has 2 heterocycles. The van der Waals surface area contributed by atoms with Crippen molar-refractivity contribution in [2.24, 2.45) is 16.5 Å². The van der Waals surface area contributed by atoms with E-state index in [1.54, 1.807) is 24.3 Å². The first-order valence-corrected chi connectivity index (χ1v) is 14.9. The first kappa shape index (κ1) is 35.2. The molecule has 0 spiro atoms. The Morgan fingerprint density at radius 3 is 2.54 bits per heavy atom. The van der Waals surface area contributed by atoms with Gasteiger partial charge in [-0.3, -0.25) is 19.4 Å². The van der Waals surface area contributed by atoms with Gasteiger partial charge in [0, 0.05) is 36.3 Å². The molecule has 0 radical (unpaired) electrons. The zero-order valence-electron chi connectivity index (χ0n) is 25.5. The number of guanidine groups is 1. The molecule has 1 aliphatic heterocycles. The first-order valence-electron chi connectivity index (χ1n) is 14.9. The third-order valence-corrected chi connectivity index (χ3v) is 7.37. The number of amides is 4. The fourth-order valence-corrected chi connectivity index (χ4v) is 5.11. The molecule has 0 bridgehead atoms. The number of fused-ring (bicyclic) bond motifs is 1. The Labute approximate surface area is 271 Å². The molecule has 2 atom stereocenters. The number of carbonyl (C=O) groups excluding carboxylic acids is 4. The van der Waals surface area contributed by atoms with Gasteiger partial charge in [-0.1, -0.05) is 30.3 Å². The van der Waals surface area contributed by atoms with Crippen LogP contribution in [0.4, 0.5) is 23.7 Å². The van der Waals surface area contributed by atoms with Crippen molar-refractivity contribution >= 4 is 46.4 Å². The number of rotatable bonds is 12. The number of halogens is 3. The Bertz CT molecular complexity index is 1730. The van der Waals surface area contributed by atoms with Crippen LogP contribution in [0.15, 0.2) is 68.8 Å². The Kier molecular flexibility index (Phi) is 11.6. The molecule has 0 unspecified atom stereocenters. The van der Waals surface area contributed by atoms with Crippen molar-refractivity contribution in [3.63, 3.8) is 0 Å². The molecule has 48 heavy (non-hydrogen) atoms. The van der Waals surface area contributed by atoms with Crippen molar-refractivity contribution in [1.82, 2.24) is 15.5 Å². The highest BCUT2D eigenvalue weighted by atomic mass is 19.4. The molecule has 3 aromatic rings. The minimum Gasteiger partial charge on any atom is -0.445 e. The number of alkyl carbamates (subject to hydrolysis) is 1. The number of hydrogen-bond donors (Lipinski definition) is 5. The SMILES string of the molecule is NC(N)=NCCC[C@H](NC(=O)[C@@H]1CCCN1C(=O)CNC(=O)OCc1ccccc1)C(=O)Nc1ccc2c(C(F)(F)F)cc(=O)oc2c1. The van der Waals surface area contributed by atoms with Gasteiger partial charge in [-0.25, -0.2) is 9.59 Å². The number of hydrogen-bond acceptors (Lipinski definition) is 8. The quantitative estimate of drug-likeness (QED) is 0.0824. The monoisotopic (exact) mass is 673 g/mol. The molecule has 17 heteroatoms. The minimum absolute atomic E-state index is 0.00124. The van der Waals surface area contributed by atoms with Gasteiger partial charge in [-0.05, 0) is 43.4 Å². The lowest BCUT2D eigenvalue weighted by molar-refractivity contribution is -0.138. The van der Waals surface area contributed by atoms with Crippen molar-refractivity contribution in [2.75, 3.05) is 25.0 Å². The van der Waals surface area contributed by atoms with Crippen LogP contribution in [0.5, 0.6) is 0 Å². The summed E-state index contributed by atoms with van der Waals surface area (Å²) in [5.41, 5.74) is 8.67. The van der Waals surface area contributed by atoms with E-state index >= 15 is 0 Å². The van der Waals surface area contributed by atoms with Gasteiger partial charge in [0.05, 0.1) is 5.56 Å². The van der Waals surface area contributed by atoms with Gasteiger partial charge in [-0.15, -0.1) is 0 Å². The summed E-state index contributed by atoms with van der Waals surface area (Å²) < 4.78 is 50.4. The van der Waals surface area contributed by atoms with Gasteiger partial charge < -0.3 is 41.5 Å². The fourth-order valence-electron chi connectivity index (χ4n) is 5.11. The molecule has 14 nitrogen and oxygen atoms in total. The molecule has 256 valence electrons. The maximum atomic E-state index is 13.4. The average molecular weight is 674 g/mol. The van der Waals surface area contributed by atoms with Crippen LogP contribution in [0.1, 0.15) is 36.8 Å². The molecule has 1 aliphatic rings. The lowest BCUT2D eigenvalue weighted by atomic mass is 10.1. The van der Waals surface area contributed by atoms with Gasteiger partial charge in [0.2, 0.25) is 17.7 Å². The highest BCUT2D eigenvalue weighted by Gasteiger charge is 2.36. The second kappa shape index (κ2) is 15.8. The normalized spacial score (nSPS) is 15.0. The second-order valence-electron chi connectivity index (χ2n) is 10.8. The smallest absolute Gasteiger partial charge is 0.417 e. The molecule has 7 N–H and O–H groups in total. The van der Waals surface area contributed by atoms with Gasteiger partial charge in [0.1, 0.15) is 30.8 Å². The van der Waals surface area contributed by atoms with E-state index in [1.165, 1.54) is 11.0 Å². The third-order valence-electron chi connectivity index (χ3n) is 7.37. The van der Waals surface area contributed by atoms with E-state index < -0.39 is 65.4 Å². The predicted molar refractivity (Wildman–Crippen MR) is 167 cm³/mol. The molecule has 4 rings (SSSR count). The number of alkyl halides is 3. The van der Waals surface area contributed by atoms with E-state index in [0.29, 0.717) is 18.9 Å². The van der Waals surface area contributed by atoms with Crippen LogP contribution >= 0.6 is 0 Å². The molecular formula is C31H34F3N7O7. The number of ether oxygens (including phenoxy) is 1. The van der Waals surface area contributed by atoms with Crippen LogP contribution in [0.2, 0.25) is 0 Å². The lowest BCUT2D eigenvalue weighted by Crippen LogP contribution is -2.53. The molecule has 1 aromatic heterocycles. The molecule has 0 saturated carbocycles. The number of anilines is 1. The Morgan fingerprint density at radius 2 is 1.83 bits per heavy atom. The topological polar surface area (TPSA) is 211 Å². The molecule has 1 saturated heterocycles. The summed E-state index contributed by atoms with van der Waals surface area (Å²) in [5.74, 6) is -2.07. The van der Waals surface area contributed by atoms with Crippen molar-refractivity contribution in [3.05, 3.63) is 76.1 Å². The molecule has 1 fully saturated rings. The highest BCUT2D eigenvalue weighted by molar-refractivity contribution is 6.00. The van der Waals surface area contributed by atoms with E-state index in [4.69, 9.17) is 20.6 Å². The first-order chi connectivity index (χ1) is 22.8. The predicted octanol–water partition coefficient (Wildman–Crippen LogP) is 2.21. The summed E-state index contributed by atoms with van der Waals surface area (Å²) in [4.78, 5) is 68.7. The zero-order chi connectivity index (χ0) is 34.8. The van der Waals surface area contributed by atoms with Crippen LogP contribution in [0.25, 0.3) is 11.0 Å². The van der Waals surface area contributed by atoms with Crippen molar-refractivity contribution < 1.29 is 41.5 Å². The number of benzene rings is 2. The van der Waals surface area contributed by atoms with E-state index in [2.05, 4.69) is 20.9 Å². The highest BCUT2D eigenvalue weighted by Crippen LogP contribution is 2.34. The number of carbonyl (C=O) groups is 4. The average Bonchev–Trinajstić information content (AvgIpc) is 3.54. The van der Waals surface area contributed by atoms with Crippen molar-refractivity contribution in [1.29, 1.82) is 0 Å². The molecule has 0 aliphatic carbocycles. The van der Waals surface area contributed by atoms with E-state index in [9.17, 15) is 37.1 Å². The molecular weight excluding hydrogens is 639 g/mol. The number of likely N-dealkylation sites (tertiary alicyclic amines) is 1. The molecule has 4 amide bonds. The number of nitrogens with zero attached hydrogens (tertiary/aromatic N) is 2. The van der Waals surface area contributed by atoms with E-state index in [-0.39, 0.29) is 49.6 Å². The maximum Gasteiger partial charge on any atom is 0.417 e. The third kappa shape index (κ3) is 9.70. The standard InChI is InChI=1S/C31H34F3N7O7/c32-31(33,34)21-15-26(43)48-24-14-19(10-11-20(21)24)39-27(44)22(8-4-12-37-29(35)36)40-28(45)23-9-5-13-41(23)25(42)16-38-30(46)47-17-18-6-2-1-3-7-18/h1-3,6-7,10-11,14-15,22-23H,4-5,8-9,12-13,16-17H2,(H,38,46)(H,39,44)(H,40,45)(H4,35,36,37)/t22-,23-/m0/s1. The lowest BCUT2D eigenvalue weighted by Gasteiger charge is -2.26. The fraction of sp³-hybridized carbons (Fsp3) is 0.355. The van der Waals surface area contributed by atoms with Crippen molar-refractivity contribution in [3.8, 4) is 0 Å². The maximum absolute atomic E-state index is 13.4. The van der Waals surface area contributed by atoms with E-state index in [0.717, 1.165) is 17.7 Å². The van der Waals surface area contributed by atoms with Crippen molar-refractivity contribution in [2.45, 2.75) is 50.6 Å². The summed E-state index contributed by atoms with van der Waals surface area (Å²) in [6, 6.07) is 10.5. The van der Waals surface area contributed by atoms with Crippen LogP contribution in [-0.4, -0.2) is 66.4 Å². The minimum atomic E-state index is -4.82. The summed E-state index contributed by atoms with van der Waals surface area (Å²) in [5, 5.41) is 7.16. The Balaban J connectivity index is 1.41. The van der Waals surface area contributed by atoms with Crippen LogP contribution in [0, 0.1) is 0 Å². The number of aliphatic imine (C=N–C) groups is 1. The van der Waals surface area contributed by atoms with Gasteiger partial charge in [-0.2, -0.15) is 13.2 Å². The van der Waals surface area contributed by atoms with Gasteiger partial charge in [0.25, 0.3) is 0 Å². The second-order valence-corrected chi connectivity index (χ2v) is 10.8. The Morgan fingerprint density at radius 1 is 1.08 bits per heavy atom. The Hall–Kier alpha value is -5.61. The number of nitrogens with two attached hydrogens (primary N) is 2.